The summed E-state index contributed by atoms with van der Waals surface area (Å²) < 4.78 is 7.37. The largest absolute Gasteiger partial charge is 0.497 e. The Hall–Kier alpha value is -1.75. The van der Waals surface area contributed by atoms with Gasteiger partial charge in [0.1, 0.15) is 5.75 Å². The molecule has 1 fully saturated rings. The maximum absolute atomic E-state index is 6.09. The monoisotopic (exact) mass is 274 g/mol. The molecule has 1 aromatic heterocycles. The number of benzene rings is 1. The van der Waals surface area contributed by atoms with Crippen molar-refractivity contribution in [3.8, 4) is 5.75 Å². The lowest BCUT2D eigenvalue weighted by molar-refractivity contribution is 0.334. The molecule has 0 spiro atoms. The molecule has 2 N–H and O–H groups in total. The predicted molar refractivity (Wildman–Crippen MR) is 80.9 cm³/mol. The second-order valence-electron chi connectivity index (χ2n) is 5.48. The van der Waals surface area contributed by atoms with Crippen LogP contribution < -0.4 is 10.5 Å². The standard InChI is InChI=1S/C15H22N4O/c1-3-18-7-6-11(9-18)10-19-14-5-4-12(20-2)8-13(14)17-15(19)16/h4-5,8,11H,3,6-7,9-10H2,1-2H3,(H2,16,17). The molecule has 1 aliphatic heterocycles. The van der Waals surface area contributed by atoms with Gasteiger partial charge in [0.05, 0.1) is 18.1 Å². The number of ether oxygens (including phenoxy) is 1. The van der Waals surface area contributed by atoms with Crippen LogP contribution in [-0.2, 0) is 6.54 Å². The van der Waals surface area contributed by atoms with Crippen LogP contribution >= 0.6 is 0 Å². The molecule has 0 aliphatic carbocycles. The third-order valence-corrected chi connectivity index (χ3v) is 4.24. The van der Waals surface area contributed by atoms with Gasteiger partial charge in [-0.1, -0.05) is 6.92 Å². The van der Waals surface area contributed by atoms with Crippen molar-refractivity contribution in [1.82, 2.24) is 14.5 Å². The van der Waals surface area contributed by atoms with Gasteiger partial charge in [-0.3, -0.25) is 0 Å². The van der Waals surface area contributed by atoms with Crippen LogP contribution in [0, 0.1) is 5.92 Å². The van der Waals surface area contributed by atoms with Crippen LogP contribution in [0.25, 0.3) is 11.0 Å². The van der Waals surface area contributed by atoms with Crippen LogP contribution in [0.2, 0.25) is 0 Å². The lowest BCUT2D eigenvalue weighted by Gasteiger charge is -2.14. The van der Waals surface area contributed by atoms with Gasteiger partial charge >= 0.3 is 0 Å². The predicted octanol–water partition coefficient (Wildman–Crippen LogP) is 1.97. The molecule has 1 aliphatic rings. The van der Waals surface area contributed by atoms with Gasteiger partial charge in [0.15, 0.2) is 0 Å². The van der Waals surface area contributed by atoms with Crippen LogP contribution in [0.5, 0.6) is 5.75 Å². The highest BCUT2D eigenvalue weighted by atomic mass is 16.5. The molecule has 1 aromatic carbocycles. The number of imidazole rings is 1. The summed E-state index contributed by atoms with van der Waals surface area (Å²) in [6.07, 6.45) is 1.24. The van der Waals surface area contributed by atoms with E-state index in [4.69, 9.17) is 10.5 Å². The molecular weight excluding hydrogens is 252 g/mol. The zero-order valence-electron chi connectivity index (χ0n) is 12.2. The molecular formula is C15H22N4O. The van der Waals surface area contributed by atoms with Crippen LogP contribution in [0.3, 0.4) is 0 Å². The number of rotatable bonds is 4. The summed E-state index contributed by atoms with van der Waals surface area (Å²) in [4.78, 5) is 6.94. The first-order chi connectivity index (χ1) is 9.71. The maximum atomic E-state index is 6.09. The van der Waals surface area contributed by atoms with E-state index < -0.39 is 0 Å². The third kappa shape index (κ3) is 2.33. The SMILES string of the molecule is CCN1CCC(Cn2c(N)nc3cc(OC)ccc32)C1. The van der Waals surface area contributed by atoms with Gasteiger partial charge in [0.25, 0.3) is 0 Å². The minimum absolute atomic E-state index is 0.600. The first-order valence-corrected chi connectivity index (χ1v) is 7.23. The van der Waals surface area contributed by atoms with Crippen LogP contribution in [0.15, 0.2) is 18.2 Å². The van der Waals surface area contributed by atoms with Gasteiger partial charge in [0, 0.05) is 19.2 Å². The highest BCUT2D eigenvalue weighted by Crippen LogP contribution is 2.26. The molecule has 1 atom stereocenters. The average molecular weight is 274 g/mol. The Bertz CT molecular complexity index is 607. The highest BCUT2D eigenvalue weighted by molar-refractivity contribution is 5.79. The molecule has 3 rings (SSSR count). The fourth-order valence-electron chi connectivity index (χ4n) is 3.05. The number of nitrogens with two attached hydrogens (primary N) is 1. The second kappa shape index (κ2) is 5.32. The topological polar surface area (TPSA) is 56.3 Å². The number of methoxy groups -OCH3 is 1. The van der Waals surface area contributed by atoms with E-state index in [1.807, 2.05) is 18.2 Å². The first kappa shape index (κ1) is 13.2. The molecule has 2 heterocycles. The Kier molecular flexibility index (Phi) is 3.53. The van der Waals surface area contributed by atoms with Gasteiger partial charge in [-0.05, 0) is 37.6 Å². The summed E-state index contributed by atoms with van der Waals surface area (Å²) in [5.74, 6) is 2.08. The summed E-state index contributed by atoms with van der Waals surface area (Å²) in [6, 6.07) is 5.95. The number of anilines is 1. The molecule has 20 heavy (non-hydrogen) atoms. The van der Waals surface area contributed by atoms with Crippen LogP contribution in [0.4, 0.5) is 5.95 Å². The summed E-state index contributed by atoms with van der Waals surface area (Å²) >= 11 is 0. The van der Waals surface area contributed by atoms with Crippen molar-refractivity contribution in [1.29, 1.82) is 0 Å². The molecule has 5 heteroatoms. The third-order valence-electron chi connectivity index (χ3n) is 4.24. The van der Waals surface area contributed by atoms with Crippen molar-refractivity contribution in [2.75, 3.05) is 32.5 Å². The van der Waals surface area contributed by atoms with E-state index in [9.17, 15) is 0 Å². The lowest BCUT2D eigenvalue weighted by atomic mass is 10.1. The number of fused-ring (bicyclic) bond motifs is 1. The fourth-order valence-corrected chi connectivity index (χ4v) is 3.05. The molecule has 5 nitrogen and oxygen atoms in total. The Labute approximate surface area is 119 Å². The van der Waals surface area contributed by atoms with Gasteiger partial charge in [0.2, 0.25) is 5.95 Å². The minimum atomic E-state index is 0.600. The van der Waals surface area contributed by atoms with Gasteiger partial charge in [-0.15, -0.1) is 0 Å². The Morgan fingerprint density at radius 1 is 1.45 bits per heavy atom. The molecule has 1 saturated heterocycles. The van der Waals surface area contributed by atoms with Crippen molar-refractivity contribution < 1.29 is 4.74 Å². The van der Waals surface area contributed by atoms with E-state index in [2.05, 4.69) is 21.4 Å². The maximum Gasteiger partial charge on any atom is 0.201 e. The van der Waals surface area contributed by atoms with Crippen LogP contribution in [-0.4, -0.2) is 41.2 Å². The van der Waals surface area contributed by atoms with Crippen molar-refractivity contribution in [2.45, 2.75) is 19.9 Å². The molecule has 0 radical (unpaired) electrons. The summed E-state index contributed by atoms with van der Waals surface area (Å²) in [5, 5.41) is 0. The van der Waals surface area contributed by atoms with Gasteiger partial charge in [-0.25, -0.2) is 4.98 Å². The Balaban J connectivity index is 1.86. The summed E-state index contributed by atoms with van der Waals surface area (Å²) in [5.41, 5.74) is 8.09. The Morgan fingerprint density at radius 3 is 3.00 bits per heavy atom. The van der Waals surface area contributed by atoms with Gasteiger partial charge < -0.3 is 19.9 Å². The van der Waals surface area contributed by atoms with Crippen molar-refractivity contribution in [3.05, 3.63) is 18.2 Å². The highest BCUT2D eigenvalue weighted by Gasteiger charge is 2.23. The average Bonchev–Trinajstić information content (AvgIpc) is 3.04. The normalized spacial score (nSPS) is 19.8. The molecule has 0 bridgehead atoms. The van der Waals surface area contributed by atoms with Crippen molar-refractivity contribution in [3.63, 3.8) is 0 Å². The first-order valence-electron chi connectivity index (χ1n) is 7.23. The fraction of sp³-hybridized carbons (Fsp3) is 0.533. The number of nitrogen functional groups attached to an aromatic ring is 1. The summed E-state index contributed by atoms with van der Waals surface area (Å²) in [7, 11) is 1.67. The van der Waals surface area contributed by atoms with E-state index in [1.54, 1.807) is 7.11 Å². The van der Waals surface area contributed by atoms with E-state index in [0.717, 1.165) is 36.4 Å². The smallest absolute Gasteiger partial charge is 0.201 e. The second-order valence-corrected chi connectivity index (χ2v) is 5.48. The number of hydrogen-bond donors (Lipinski definition) is 1. The molecule has 0 saturated carbocycles. The summed E-state index contributed by atoms with van der Waals surface area (Å²) in [6.45, 7) is 6.65. The van der Waals surface area contributed by atoms with Crippen molar-refractivity contribution in [2.24, 2.45) is 5.92 Å². The van der Waals surface area contributed by atoms with E-state index >= 15 is 0 Å². The van der Waals surface area contributed by atoms with E-state index in [-0.39, 0.29) is 0 Å². The van der Waals surface area contributed by atoms with Crippen molar-refractivity contribution >= 4 is 17.0 Å². The lowest BCUT2D eigenvalue weighted by Crippen LogP contribution is -2.21. The zero-order chi connectivity index (χ0) is 14.1. The number of nitrogens with zero attached hydrogens (tertiary/aromatic N) is 3. The zero-order valence-corrected chi connectivity index (χ0v) is 12.2. The van der Waals surface area contributed by atoms with E-state index in [0.29, 0.717) is 11.9 Å². The number of aromatic nitrogens is 2. The number of likely N-dealkylation sites (tertiary alicyclic amines) is 1. The number of hydrogen-bond acceptors (Lipinski definition) is 4. The Morgan fingerprint density at radius 2 is 2.30 bits per heavy atom. The van der Waals surface area contributed by atoms with Gasteiger partial charge in [-0.2, -0.15) is 0 Å². The minimum Gasteiger partial charge on any atom is -0.497 e. The van der Waals surface area contributed by atoms with E-state index in [1.165, 1.54) is 13.0 Å². The molecule has 108 valence electrons. The molecule has 0 amide bonds. The quantitative estimate of drug-likeness (QED) is 0.926. The van der Waals surface area contributed by atoms with Crippen LogP contribution in [0.1, 0.15) is 13.3 Å². The molecule has 1 unspecified atom stereocenters. The molecule has 2 aromatic rings.